The molecule has 0 aliphatic carbocycles. The molecule has 0 radical (unpaired) electrons. The Bertz CT molecular complexity index is 1010. The number of anilines is 1. The van der Waals surface area contributed by atoms with E-state index in [2.05, 4.69) is 20.6 Å². The summed E-state index contributed by atoms with van der Waals surface area (Å²) in [6, 6.07) is 11.2. The second kappa shape index (κ2) is 6.81. The lowest BCUT2D eigenvalue weighted by molar-refractivity contribution is 0.102. The summed E-state index contributed by atoms with van der Waals surface area (Å²) in [7, 11) is 1.62. The van der Waals surface area contributed by atoms with Crippen molar-refractivity contribution in [1.82, 2.24) is 24.5 Å². The zero-order valence-corrected chi connectivity index (χ0v) is 14.6. The van der Waals surface area contributed by atoms with Crippen LogP contribution in [0.25, 0.3) is 11.5 Å². The van der Waals surface area contributed by atoms with Crippen LogP contribution in [0.5, 0.6) is 5.75 Å². The average Bonchev–Trinajstić information content (AvgIpc) is 3.42. The number of hydrogen-bond donors (Lipinski definition) is 1. The molecule has 3 aromatic heterocycles. The Labute approximate surface area is 152 Å². The van der Waals surface area contributed by atoms with E-state index >= 15 is 0 Å². The van der Waals surface area contributed by atoms with Crippen LogP contribution in [0.15, 0.2) is 60.5 Å². The van der Waals surface area contributed by atoms with Gasteiger partial charge in [0.1, 0.15) is 16.8 Å². The first-order valence-electron chi connectivity index (χ1n) is 7.69. The summed E-state index contributed by atoms with van der Waals surface area (Å²) >= 11 is 1.25. The topological polar surface area (TPSA) is 86.9 Å². The Morgan fingerprint density at radius 2 is 1.96 bits per heavy atom. The highest BCUT2D eigenvalue weighted by molar-refractivity contribution is 7.13. The minimum Gasteiger partial charge on any atom is -0.497 e. The second-order valence-electron chi connectivity index (χ2n) is 5.28. The Hall–Kier alpha value is -3.46. The molecular weight excluding hydrogens is 352 g/mol. The minimum absolute atomic E-state index is 0.301. The maximum Gasteiger partial charge on any atom is 0.262 e. The summed E-state index contributed by atoms with van der Waals surface area (Å²) in [5.41, 5.74) is 2.79. The Kier molecular flexibility index (Phi) is 4.20. The van der Waals surface area contributed by atoms with Gasteiger partial charge in [-0.25, -0.2) is 4.68 Å². The summed E-state index contributed by atoms with van der Waals surface area (Å²) in [5, 5.41) is 15.2. The van der Waals surface area contributed by atoms with Gasteiger partial charge in [0, 0.05) is 12.4 Å². The molecule has 130 valence electrons. The summed E-state index contributed by atoms with van der Waals surface area (Å²) < 4.78 is 8.74. The lowest BCUT2D eigenvalue weighted by Crippen LogP contribution is -2.15. The minimum atomic E-state index is -0.301. The highest BCUT2D eigenvalue weighted by Gasteiger charge is 2.20. The molecule has 0 spiro atoms. The molecule has 0 atom stereocenters. The third kappa shape index (κ3) is 2.95. The van der Waals surface area contributed by atoms with Crippen molar-refractivity contribution in [3.63, 3.8) is 0 Å². The van der Waals surface area contributed by atoms with Gasteiger partial charge < -0.3 is 9.30 Å². The van der Waals surface area contributed by atoms with Crippen molar-refractivity contribution in [1.29, 1.82) is 0 Å². The van der Waals surface area contributed by atoms with Crippen molar-refractivity contribution in [2.75, 3.05) is 12.4 Å². The highest BCUT2D eigenvalue weighted by atomic mass is 32.1. The van der Waals surface area contributed by atoms with Gasteiger partial charge in [-0.1, -0.05) is 11.3 Å². The van der Waals surface area contributed by atoms with Crippen molar-refractivity contribution in [2.45, 2.75) is 0 Å². The van der Waals surface area contributed by atoms with Crippen molar-refractivity contribution in [3.8, 4) is 17.3 Å². The molecule has 26 heavy (non-hydrogen) atoms. The van der Waals surface area contributed by atoms with E-state index in [9.17, 15) is 4.79 Å². The fourth-order valence-corrected chi connectivity index (χ4v) is 2.97. The van der Waals surface area contributed by atoms with Gasteiger partial charge in [0.25, 0.3) is 5.91 Å². The standard InChI is InChI=1S/C17H14N6O2S/c1-25-13-6-4-12(5-7-13)23-16(22-8-2-3-9-22)14(10-19-23)15(24)20-17-21-18-11-26-17/h2-11H,1H3,(H,20,21,24). The summed E-state index contributed by atoms with van der Waals surface area (Å²) in [6.07, 6.45) is 5.26. The number of nitrogens with zero attached hydrogens (tertiary/aromatic N) is 5. The third-order valence-electron chi connectivity index (χ3n) is 3.73. The van der Waals surface area contributed by atoms with E-state index in [4.69, 9.17) is 4.74 Å². The lowest BCUT2D eigenvalue weighted by Gasteiger charge is -2.11. The summed E-state index contributed by atoms with van der Waals surface area (Å²) in [6.45, 7) is 0. The van der Waals surface area contributed by atoms with Crippen molar-refractivity contribution in [3.05, 3.63) is 66.1 Å². The molecule has 8 nitrogen and oxygen atoms in total. The fourth-order valence-electron chi connectivity index (χ4n) is 2.53. The zero-order chi connectivity index (χ0) is 17.9. The predicted molar refractivity (Wildman–Crippen MR) is 97.3 cm³/mol. The van der Waals surface area contributed by atoms with Gasteiger partial charge in [0.2, 0.25) is 5.13 Å². The number of methoxy groups -OCH3 is 1. The van der Waals surface area contributed by atoms with Gasteiger partial charge in [-0.3, -0.25) is 10.1 Å². The number of amides is 1. The Balaban J connectivity index is 1.77. The summed E-state index contributed by atoms with van der Waals surface area (Å²) in [5.74, 6) is 1.07. The van der Waals surface area contributed by atoms with Crippen LogP contribution in [-0.4, -0.2) is 37.6 Å². The number of benzene rings is 1. The van der Waals surface area contributed by atoms with Crippen LogP contribution in [-0.2, 0) is 0 Å². The molecule has 0 fully saturated rings. The van der Waals surface area contributed by atoms with Crippen LogP contribution in [0, 0.1) is 0 Å². The van der Waals surface area contributed by atoms with Crippen LogP contribution < -0.4 is 10.1 Å². The molecule has 1 N–H and O–H groups in total. The number of nitrogens with one attached hydrogen (secondary N) is 1. The van der Waals surface area contributed by atoms with E-state index in [1.807, 2.05) is 53.4 Å². The van der Waals surface area contributed by atoms with E-state index < -0.39 is 0 Å². The van der Waals surface area contributed by atoms with E-state index in [1.165, 1.54) is 17.5 Å². The Morgan fingerprint density at radius 1 is 1.19 bits per heavy atom. The molecule has 1 aromatic carbocycles. The molecule has 0 saturated heterocycles. The molecule has 1 amide bonds. The van der Waals surface area contributed by atoms with Crippen LogP contribution in [0.4, 0.5) is 5.13 Å². The van der Waals surface area contributed by atoms with Crippen molar-refractivity contribution < 1.29 is 9.53 Å². The number of hydrogen-bond acceptors (Lipinski definition) is 6. The number of ether oxygens (including phenoxy) is 1. The maximum absolute atomic E-state index is 12.7. The predicted octanol–water partition coefficient (Wildman–Crippen LogP) is 2.78. The molecule has 0 saturated carbocycles. The van der Waals surface area contributed by atoms with E-state index in [0.29, 0.717) is 16.5 Å². The van der Waals surface area contributed by atoms with Gasteiger partial charge in [-0.15, -0.1) is 10.2 Å². The van der Waals surface area contributed by atoms with Crippen molar-refractivity contribution in [2.24, 2.45) is 0 Å². The zero-order valence-electron chi connectivity index (χ0n) is 13.7. The quantitative estimate of drug-likeness (QED) is 0.587. The first-order chi connectivity index (χ1) is 12.8. The van der Waals surface area contributed by atoms with Crippen LogP contribution in [0.1, 0.15) is 10.4 Å². The van der Waals surface area contributed by atoms with Crippen LogP contribution in [0.3, 0.4) is 0 Å². The molecule has 0 aliphatic heterocycles. The lowest BCUT2D eigenvalue weighted by atomic mass is 10.2. The van der Waals surface area contributed by atoms with Gasteiger partial charge >= 0.3 is 0 Å². The Morgan fingerprint density at radius 3 is 2.62 bits per heavy atom. The smallest absolute Gasteiger partial charge is 0.262 e. The SMILES string of the molecule is COc1ccc(-n2ncc(C(=O)Nc3nncs3)c2-n2cccc2)cc1. The first kappa shape index (κ1) is 16.0. The molecule has 4 rings (SSSR count). The molecule has 0 bridgehead atoms. The maximum atomic E-state index is 12.7. The average molecular weight is 366 g/mol. The third-order valence-corrected chi connectivity index (χ3v) is 4.34. The molecule has 0 aliphatic rings. The number of carbonyl (C=O) groups is 1. The largest absolute Gasteiger partial charge is 0.497 e. The van der Waals surface area contributed by atoms with Crippen molar-refractivity contribution >= 4 is 22.4 Å². The number of aromatic nitrogens is 5. The van der Waals surface area contributed by atoms with E-state index in [1.54, 1.807) is 17.3 Å². The highest BCUT2D eigenvalue weighted by Crippen LogP contribution is 2.23. The van der Waals surface area contributed by atoms with Gasteiger partial charge in [0.15, 0.2) is 5.82 Å². The first-order valence-corrected chi connectivity index (χ1v) is 8.57. The molecule has 9 heteroatoms. The van der Waals surface area contributed by atoms with Gasteiger partial charge in [-0.2, -0.15) is 5.10 Å². The van der Waals surface area contributed by atoms with Crippen LogP contribution >= 0.6 is 11.3 Å². The van der Waals surface area contributed by atoms with E-state index in [0.717, 1.165) is 11.4 Å². The normalized spacial score (nSPS) is 10.7. The van der Waals surface area contributed by atoms with Crippen LogP contribution in [0.2, 0.25) is 0 Å². The fraction of sp³-hybridized carbons (Fsp3) is 0.0588. The second-order valence-corrected chi connectivity index (χ2v) is 6.11. The molecule has 0 unspecified atom stereocenters. The molecular formula is C17H14N6O2S. The monoisotopic (exact) mass is 366 g/mol. The van der Waals surface area contributed by atoms with E-state index in [-0.39, 0.29) is 5.91 Å². The molecule has 3 heterocycles. The van der Waals surface area contributed by atoms with Gasteiger partial charge in [0.05, 0.1) is 19.0 Å². The molecule has 4 aromatic rings. The summed E-state index contributed by atoms with van der Waals surface area (Å²) in [4.78, 5) is 12.7. The number of carbonyl (C=O) groups excluding carboxylic acids is 1. The van der Waals surface area contributed by atoms with Gasteiger partial charge in [-0.05, 0) is 36.4 Å². The number of rotatable bonds is 5.